The average molecular weight is 927 g/mol. The van der Waals surface area contributed by atoms with Crippen LogP contribution in [0.4, 0.5) is 10.1 Å². The molecule has 1 saturated heterocycles. The van der Waals surface area contributed by atoms with Crippen molar-refractivity contribution in [1.29, 1.82) is 0 Å². The number of benzene rings is 6. The molecule has 69 heavy (non-hydrogen) atoms. The van der Waals surface area contributed by atoms with E-state index in [1.165, 1.54) is 28.8 Å². The van der Waals surface area contributed by atoms with Crippen LogP contribution in [0.1, 0.15) is 77.8 Å². The van der Waals surface area contributed by atoms with Gasteiger partial charge in [-0.2, -0.15) is 0 Å². The van der Waals surface area contributed by atoms with Crippen molar-refractivity contribution in [3.8, 4) is 22.4 Å². The normalized spacial score (nSPS) is 14.1. The van der Waals surface area contributed by atoms with Crippen LogP contribution in [0.2, 0.25) is 0 Å². The van der Waals surface area contributed by atoms with E-state index in [1.54, 1.807) is 12.1 Å². The smallest absolute Gasteiger partial charge is 0.305 e. The Morgan fingerprint density at radius 3 is 1.75 bits per heavy atom. The molecule has 0 unspecified atom stereocenters. The van der Waals surface area contributed by atoms with Gasteiger partial charge in [-0.25, -0.2) is 4.39 Å². The first-order valence-electron chi connectivity index (χ1n) is 23.9. The van der Waals surface area contributed by atoms with Gasteiger partial charge in [0.05, 0.1) is 35.9 Å². The Kier molecular flexibility index (Phi) is 18.0. The molecule has 7 aromatic rings. The molecule has 6 aromatic carbocycles. The van der Waals surface area contributed by atoms with Gasteiger partial charge in [0.1, 0.15) is 5.82 Å². The van der Waals surface area contributed by atoms with Gasteiger partial charge in [0.15, 0.2) is 0 Å². The molecule has 4 N–H and O–H groups in total. The Bertz CT molecular complexity index is 2650. The fraction of sp³-hybridized carbons (Fsp3) is 0.254. The first kappa shape index (κ1) is 49.9. The second-order valence-electron chi connectivity index (χ2n) is 17.8. The summed E-state index contributed by atoms with van der Waals surface area (Å²) in [5.74, 6) is -1.93. The molecule has 0 aliphatic carbocycles. The van der Waals surface area contributed by atoms with Crippen LogP contribution in [0.3, 0.4) is 0 Å². The molecule has 9 nitrogen and oxygen atoms in total. The topological polar surface area (TPSA) is 118 Å². The maximum Gasteiger partial charge on any atom is 0.305 e. The predicted octanol–water partition coefficient (Wildman–Crippen LogP) is 11.4. The SMILES string of the molecule is C(=C\c1ccccc1)/CN1CCN(C(c2ccccc2)c2ccccc2)CC1.CC(C)c1c(C(=O)Nc2ccccc2)c(-c2ccccc2)c(-c2ccc(F)cc2)n1CC[C@@H](O)C[C@@H](O)CC(=O)O. The van der Waals surface area contributed by atoms with E-state index in [2.05, 4.69) is 118 Å². The van der Waals surface area contributed by atoms with Gasteiger partial charge < -0.3 is 25.2 Å². The highest BCUT2D eigenvalue weighted by Crippen LogP contribution is 2.43. The Morgan fingerprint density at radius 2 is 1.20 bits per heavy atom. The Labute approximate surface area is 405 Å². The highest BCUT2D eigenvalue weighted by molar-refractivity contribution is 6.12. The van der Waals surface area contributed by atoms with Crippen molar-refractivity contribution in [1.82, 2.24) is 14.4 Å². The summed E-state index contributed by atoms with van der Waals surface area (Å²) in [7, 11) is 0. The van der Waals surface area contributed by atoms with Crippen molar-refractivity contribution in [2.24, 2.45) is 0 Å². The molecule has 0 radical (unpaired) electrons. The number of hydrogen-bond donors (Lipinski definition) is 4. The van der Waals surface area contributed by atoms with Crippen molar-refractivity contribution < 1.29 is 29.3 Å². The van der Waals surface area contributed by atoms with E-state index in [4.69, 9.17) is 5.11 Å². The largest absolute Gasteiger partial charge is 0.481 e. The van der Waals surface area contributed by atoms with Crippen molar-refractivity contribution >= 4 is 23.6 Å². The monoisotopic (exact) mass is 926 g/mol. The summed E-state index contributed by atoms with van der Waals surface area (Å²) < 4.78 is 16.0. The quantitative estimate of drug-likeness (QED) is 0.0677. The molecule has 2 heterocycles. The zero-order valence-corrected chi connectivity index (χ0v) is 39.4. The first-order chi connectivity index (χ1) is 33.5. The predicted molar refractivity (Wildman–Crippen MR) is 275 cm³/mol. The molecule has 1 amide bonds. The Balaban J connectivity index is 0.000000218. The van der Waals surface area contributed by atoms with E-state index in [9.17, 15) is 24.2 Å². The molecular weight excluding hydrogens is 864 g/mol. The number of piperazine rings is 1. The second-order valence-corrected chi connectivity index (χ2v) is 17.8. The number of aliphatic hydroxyl groups excluding tert-OH is 2. The number of anilines is 1. The minimum atomic E-state index is -1.18. The lowest BCUT2D eigenvalue weighted by molar-refractivity contribution is -0.139. The fourth-order valence-corrected chi connectivity index (χ4v) is 9.19. The minimum Gasteiger partial charge on any atom is -0.481 e. The van der Waals surface area contributed by atoms with E-state index in [0.29, 0.717) is 34.1 Å². The molecule has 356 valence electrons. The van der Waals surface area contributed by atoms with Gasteiger partial charge in [0, 0.05) is 56.2 Å². The summed E-state index contributed by atoms with van der Waals surface area (Å²) in [5, 5.41) is 32.8. The summed E-state index contributed by atoms with van der Waals surface area (Å²) in [6.07, 6.45) is 2.01. The van der Waals surface area contributed by atoms with Gasteiger partial charge in [-0.05, 0) is 83.0 Å². The van der Waals surface area contributed by atoms with Crippen LogP contribution in [-0.2, 0) is 11.3 Å². The highest BCUT2D eigenvalue weighted by atomic mass is 19.1. The van der Waals surface area contributed by atoms with Crippen molar-refractivity contribution in [2.45, 2.75) is 63.8 Å². The third-order valence-electron chi connectivity index (χ3n) is 12.4. The molecule has 0 bridgehead atoms. The highest BCUT2D eigenvalue weighted by Gasteiger charge is 2.31. The third kappa shape index (κ3) is 13.8. The molecule has 1 fully saturated rings. The maximum absolute atomic E-state index is 14.0. The summed E-state index contributed by atoms with van der Waals surface area (Å²) in [6.45, 7) is 9.67. The van der Waals surface area contributed by atoms with Crippen molar-refractivity contribution in [3.63, 3.8) is 0 Å². The number of halogens is 1. The number of nitrogens with zero attached hydrogens (tertiary/aromatic N) is 3. The molecule has 1 aliphatic heterocycles. The van der Waals surface area contributed by atoms with E-state index in [-0.39, 0.29) is 37.0 Å². The number of aliphatic carboxylic acids is 1. The number of carboxylic acid groups (broad SMARTS) is 1. The Morgan fingerprint density at radius 1 is 0.667 bits per heavy atom. The van der Waals surface area contributed by atoms with Gasteiger partial charge in [0.2, 0.25) is 0 Å². The third-order valence-corrected chi connectivity index (χ3v) is 12.4. The molecular formula is C59H63FN4O5. The minimum absolute atomic E-state index is 0.0939. The number of hydrogen-bond acceptors (Lipinski definition) is 6. The Hall–Kier alpha value is -6.95. The van der Waals surface area contributed by atoms with E-state index in [1.807, 2.05) is 79.1 Å². The van der Waals surface area contributed by atoms with E-state index in [0.717, 1.165) is 44.0 Å². The number of aliphatic hydroxyl groups is 2. The van der Waals surface area contributed by atoms with Gasteiger partial charge in [0.25, 0.3) is 5.91 Å². The van der Waals surface area contributed by atoms with Crippen LogP contribution in [0.5, 0.6) is 0 Å². The molecule has 10 heteroatoms. The lowest BCUT2D eigenvalue weighted by Crippen LogP contribution is -2.47. The zero-order chi connectivity index (χ0) is 48.5. The first-order valence-corrected chi connectivity index (χ1v) is 23.9. The molecule has 8 rings (SSSR count). The standard InChI is InChI=1S/C33H35FN2O5.C26H28N2/c1-21(2)31-30(33(41)35-25-11-7-4-8-12-25)29(22-9-5-3-6-10-22)32(23-13-15-24(34)16-14-23)36(31)18-17-26(37)19-27(38)20-28(39)40;1-4-11-23(12-5-1)13-10-18-27-19-21-28(22-20-27)26(24-14-6-2-7-15-24)25-16-8-3-9-17-25/h3-16,21,26-27,37-38H,17-20H2,1-2H3,(H,35,41)(H,39,40);1-17,26H,18-22H2/b;13-10+/t26-,27-;/m1./s1. The number of carbonyl (C=O) groups excluding carboxylic acids is 1. The lowest BCUT2D eigenvalue weighted by Gasteiger charge is -2.39. The summed E-state index contributed by atoms with van der Waals surface area (Å²) in [4.78, 5) is 30.2. The fourth-order valence-electron chi connectivity index (χ4n) is 9.19. The molecule has 0 saturated carbocycles. The van der Waals surface area contributed by atoms with Crippen molar-refractivity contribution in [2.75, 3.05) is 38.0 Å². The van der Waals surface area contributed by atoms with E-state index >= 15 is 0 Å². The second kappa shape index (κ2) is 24.9. The van der Waals surface area contributed by atoms with Crippen molar-refractivity contribution in [3.05, 3.63) is 216 Å². The van der Waals surface area contributed by atoms with Gasteiger partial charge in [-0.1, -0.05) is 166 Å². The van der Waals surface area contributed by atoms with Gasteiger partial charge in [-0.3, -0.25) is 19.4 Å². The average Bonchev–Trinajstić information content (AvgIpc) is 3.71. The molecule has 1 aliphatic rings. The van der Waals surface area contributed by atoms with Gasteiger partial charge >= 0.3 is 5.97 Å². The van der Waals surface area contributed by atoms with Crippen LogP contribution in [0, 0.1) is 5.82 Å². The van der Waals surface area contributed by atoms with Crippen LogP contribution >= 0.6 is 0 Å². The molecule has 0 spiro atoms. The number of nitrogens with one attached hydrogen (secondary N) is 1. The summed E-state index contributed by atoms with van der Waals surface area (Å²) in [6, 6.07) is 57.5. The number of carboxylic acids is 1. The number of carbonyl (C=O) groups is 2. The summed E-state index contributed by atoms with van der Waals surface area (Å²) in [5.41, 5.74) is 8.81. The van der Waals surface area contributed by atoms with E-state index < -0.39 is 24.6 Å². The van der Waals surface area contributed by atoms with Crippen LogP contribution in [0.25, 0.3) is 28.5 Å². The van der Waals surface area contributed by atoms with Crippen LogP contribution in [-0.4, -0.2) is 86.5 Å². The van der Waals surface area contributed by atoms with Gasteiger partial charge in [-0.15, -0.1) is 0 Å². The number of rotatable bonds is 18. The van der Waals surface area contributed by atoms with Crippen LogP contribution in [0.15, 0.2) is 182 Å². The number of para-hydroxylation sites is 1. The summed E-state index contributed by atoms with van der Waals surface area (Å²) >= 11 is 0. The van der Waals surface area contributed by atoms with Crippen LogP contribution < -0.4 is 5.32 Å². The molecule has 2 atom stereocenters. The number of amides is 1. The number of aromatic nitrogens is 1. The maximum atomic E-state index is 14.0. The molecule has 1 aromatic heterocycles. The zero-order valence-electron chi connectivity index (χ0n) is 39.4. The lowest BCUT2D eigenvalue weighted by atomic mass is 9.94.